The number of halogens is 5. The van der Waals surface area contributed by atoms with Crippen molar-refractivity contribution in [2.24, 2.45) is 0 Å². The molecule has 0 fully saturated rings. The number of carbonyl (C=O) groups is 1. The number of alkyl halides is 3. The van der Waals surface area contributed by atoms with Crippen LogP contribution in [0.15, 0.2) is 16.6 Å². The lowest BCUT2D eigenvalue weighted by atomic mass is 10.1. The van der Waals surface area contributed by atoms with Gasteiger partial charge < -0.3 is 0 Å². The number of hydrogen-bond donors (Lipinski definition) is 0. The Balaban J connectivity index is 3.28. The molecule has 1 nitrogen and oxygen atoms in total. The first-order valence-electron chi connectivity index (χ1n) is 3.80. The van der Waals surface area contributed by atoms with Gasteiger partial charge in [0.05, 0.1) is 5.56 Å². The van der Waals surface area contributed by atoms with Crippen LogP contribution in [0.2, 0.25) is 0 Å². The molecule has 0 saturated heterocycles. The molecule has 0 aliphatic rings. The number of ketones is 1. The summed E-state index contributed by atoms with van der Waals surface area (Å²) in [5.41, 5.74) is -0.591. The predicted molar refractivity (Wildman–Crippen MR) is 49.2 cm³/mol. The van der Waals surface area contributed by atoms with Gasteiger partial charge in [0.15, 0.2) is 0 Å². The second-order valence-electron chi connectivity index (χ2n) is 2.91. The van der Waals surface area contributed by atoms with Crippen LogP contribution >= 0.6 is 15.9 Å². The molecule has 15 heavy (non-hydrogen) atoms. The number of carbonyl (C=O) groups excluding carboxylic acids is 1. The molecule has 82 valence electrons. The predicted octanol–water partition coefficient (Wildman–Crippen LogP) is 3.64. The summed E-state index contributed by atoms with van der Waals surface area (Å²) < 4.78 is 49.4. The summed E-state index contributed by atoms with van der Waals surface area (Å²) >= 11 is 2.95. The second kappa shape index (κ2) is 3.92. The molecule has 0 atom stereocenters. The molecule has 1 aromatic rings. The second-order valence-corrected chi connectivity index (χ2v) is 3.76. The molecule has 0 aliphatic heterocycles. The Kier molecular flexibility index (Phi) is 3.18. The maximum Gasteiger partial charge on any atom is 0.454 e. The fourth-order valence-electron chi connectivity index (χ4n) is 0.984. The Hall–Kier alpha value is -0.910. The molecule has 0 aromatic heterocycles. The van der Waals surface area contributed by atoms with Crippen LogP contribution < -0.4 is 0 Å². The minimum atomic E-state index is -5.05. The number of hydrogen-bond acceptors (Lipinski definition) is 1. The molecule has 0 saturated carbocycles. The third-order valence-electron chi connectivity index (χ3n) is 1.75. The monoisotopic (exact) mass is 284 g/mol. The average molecular weight is 285 g/mol. The standard InChI is InChI=1S/C9H5BrF4O/c1-4-2-5(7(11)3-6(4)10)8(15)9(12,13)14/h2-3H,1H3. The van der Waals surface area contributed by atoms with E-state index >= 15 is 0 Å². The van der Waals surface area contributed by atoms with Gasteiger partial charge in [0, 0.05) is 4.47 Å². The minimum Gasteiger partial charge on any atom is -0.284 e. The van der Waals surface area contributed by atoms with E-state index in [1.807, 2.05) is 0 Å². The fourth-order valence-corrected chi connectivity index (χ4v) is 1.30. The fraction of sp³-hybridized carbons (Fsp3) is 0.222. The number of rotatable bonds is 1. The van der Waals surface area contributed by atoms with Gasteiger partial charge in [-0.3, -0.25) is 4.79 Å². The van der Waals surface area contributed by atoms with Gasteiger partial charge in [-0.05, 0) is 24.6 Å². The van der Waals surface area contributed by atoms with Crippen LogP contribution in [0.5, 0.6) is 0 Å². The molecule has 1 aromatic carbocycles. The smallest absolute Gasteiger partial charge is 0.284 e. The number of benzene rings is 1. The summed E-state index contributed by atoms with van der Waals surface area (Å²) in [7, 11) is 0. The van der Waals surface area contributed by atoms with Gasteiger partial charge >= 0.3 is 6.18 Å². The van der Waals surface area contributed by atoms with Gasteiger partial charge in [-0.2, -0.15) is 13.2 Å². The molecule has 0 N–H and O–H groups in total. The maximum absolute atomic E-state index is 13.1. The van der Waals surface area contributed by atoms with Gasteiger partial charge in [0.1, 0.15) is 5.82 Å². The van der Waals surface area contributed by atoms with Crippen molar-refractivity contribution in [3.8, 4) is 0 Å². The van der Waals surface area contributed by atoms with Gasteiger partial charge in [0.2, 0.25) is 0 Å². The van der Waals surface area contributed by atoms with E-state index in [2.05, 4.69) is 15.9 Å². The third kappa shape index (κ3) is 2.56. The zero-order chi connectivity index (χ0) is 11.8. The van der Waals surface area contributed by atoms with Crippen molar-refractivity contribution in [1.82, 2.24) is 0 Å². The van der Waals surface area contributed by atoms with Crippen molar-refractivity contribution in [1.29, 1.82) is 0 Å². The quantitative estimate of drug-likeness (QED) is 0.568. The van der Waals surface area contributed by atoms with Crippen LogP contribution in [0.4, 0.5) is 17.6 Å². The van der Waals surface area contributed by atoms with Crippen molar-refractivity contribution < 1.29 is 22.4 Å². The van der Waals surface area contributed by atoms with Crippen LogP contribution in [0, 0.1) is 12.7 Å². The maximum atomic E-state index is 13.1. The van der Waals surface area contributed by atoms with Gasteiger partial charge in [0.25, 0.3) is 5.78 Å². The van der Waals surface area contributed by atoms with E-state index in [1.165, 1.54) is 6.92 Å². The first kappa shape index (κ1) is 12.2. The normalized spacial score (nSPS) is 11.6. The van der Waals surface area contributed by atoms with Gasteiger partial charge in [-0.25, -0.2) is 4.39 Å². The first-order chi connectivity index (χ1) is 6.73. The highest BCUT2D eigenvalue weighted by atomic mass is 79.9. The van der Waals surface area contributed by atoms with Crippen LogP contribution in [0.3, 0.4) is 0 Å². The average Bonchev–Trinajstić information content (AvgIpc) is 2.08. The first-order valence-corrected chi connectivity index (χ1v) is 4.60. The molecule has 0 bridgehead atoms. The van der Waals surface area contributed by atoms with E-state index in [1.54, 1.807) is 0 Å². The molecule has 6 heteroatoms. The molecular formula is C9H5BrF4O. The highest BCUT2D eigenvalue weighted by Gasteiger charge is 2.40. The summed E-state index contributed by atoms with van der Waals surface area (Å²) in [4.78, 5) is 10.8. The summed E-state index contributed by atoms with van der Waals surface area (Å²) in [5, 5.41) is 0. The third-order valence-corrected chi connectivity index (χ3v) is 2.60. The van der Waals surface area contributed by atoms with E-state index < -0.39 is 23.3 Å². The zero-order valence-corrected chi connectivity index (χ0v) is 9.04. The zero-order valence-electron chi connectivity index (χ0n) is 7.45. The highest BCUT2D eigenvalue weighted by molar-refractivity contribution is 9.10. The van der Waals surface area contributed by atoms with Crippen molar-refractivity contribution in [3.63, 3.8) is 0 Å². The van der Waals surface area contributed by atoms with Crippen LogP contribution in [-0.2, 0) is 0 Å². The van der Waals surface area contributed by atoms with E-state index in [0.29, 0.717) is 10.0 Å². The Labute approximate surface area is 91.2 Å². The van der Waals surface area contributed by atoms with Crippen LogP contribution in [0.1, 0.15) is 15.9 Å². The van der Waals surface area contributed by atoms with Crippen molar-refractivity contribution in [2.45, 2.75) is 13.1 Å². The van der Waals surface area contributed by atoms with Crippen molar-refractivity contribution in [2.75, 3.05) is 0 Å². The van der Waals surface area contributed by atoms with Gasteiger partial charge in [-0.1, -0.05) is 15.9 Å². The SMILES string of the molecule is Cc1cc(C(=O)C(F)(F)F)c(F)cc1Br. The van der Waals surface area contributed by atoms with Crippen molar-refractivity contribution >= 4 is 21.7 Å². The molecule has 0 aliphatic carbocycles. The molecule has 0 amide bonds. The van der Waals surface area contributed by atoms with Gasteiger partial charge in [-0.15, -0.1) is 0 Å². The van der Waals surface area contributed by atoms with Crippen LogP contribution in [0.25, 0.3) is 0 Å². The summed E-state index contributed by atoms with van der Waals surface area (Å²) in [6.07, 6.45) is -5.05. The van der Waals surface area contributed by atoms with E-state index in [0.717, 1.165) is 12.1 Å². The largest absolute Gasteiger partial charge is 0.454 e. The minimum absolute atomic E-state index is 0.318. The van der Waals surface area contributed by atoms with E-state index in [-0.39, 0.29) is 0 Å². The van der Waals surface area contributed by atoms with Crippen molar-refractivity contribution in [3.05, 3.63) is 33.5 Å². The lowest BCUT2D eigenvalue weighted by Gasteiger charge is -2.08. The molecule has 0 unspecified atom stereocenters. The number of Topliss-reactive ketones (excluding diaryl/α,β-unsaturated/α-hetero) is 1. The topological polar surface area (TPSA) is 17.1 Å². The Bertz CT molecular complexity index is 411. The molecule has 1 rings (SSSR count). The molecule has 0 radical (unpaired) electrons. The summed E-state index contributed by atoms with van der Waals surface area (Å²) in [6, 6.07) is 1.71. The highest BCUT2D eigenvalue weighted by Crippen LogP contribution is 2.26. The van der Waals surface area contributed by atoms with E-state index in [9.17, 15) is 22.4 Å². The Morgan fingerprint density at radius 3 is 2.33 bits per heavy atom. The van der Waals surface area contributed by atoms with Crippen LogP contribution in [-0.4, -0.2) is 12.0 Å². The Morgan fingerprint density at radius 1 is 1.33 bits per heavy atom. The Morgan fingerprint density at radius 2 is 1.87 bits per heavy atom. The molecule has 0 spiro atoms. The summed E-state index contributed by atoms with van der Waals surface area (Å²) in [5.74, 6) is -3.36. The molecule has 0 heterocycles. The lowest BCUT2D eigenvalue weighted by molar-refractivity contribution is -0.0887. The number of aryl methyl sites for hydroxylation is 1. The lowest BCUT2D eigenvalue weighted by Crippen LogP contribution is -2.24. The molecular weight excluding hydrogens is 280 g/mol. The van der Waals surface area contributed by atoms with E-state index in [4.69, 9.17) is 0 Å². The summed E-state index contributed by atoms with van der Waals surface area (Å²) in [6.45, 7) is 1.47.